The van der Waals surface area contributed by atoms with Crippen LogP contribution in [-0.2, 0) is 4.79 Å². The lowest BCUT2D eigenvalue weighted by molar-refractivity contribution is -0.119. The third-order valence-corrected chi connectivity index (χ3v) is 3.72. The molecule has 0 radical (unpaired) electrons. The van der Waals surface area contributed by atoms with Crippen LogP contribution in [0.5, 0.6) is 0 Å². The Labute approximate surface area is 129 Å². The summed E-state index contributed by atoms with van der Waals surface area (Å²) in [6, 6.07) is 0. The fourth-order valence-corrected chi connectivity index (χ4v) is 2.72. The van der Waals surface area contributed by atoms with Crippen molar-refractivity contribution in [1.82, 2.24) is 0 Å². The average molecular weight is 282 g/mol. The summed E-state index contributed by atoms with van der Waals surface area (Å²) >= 11 is 0. The highest BCUT2D eigenvalue weighted by atomic mass is 16.1. The van der Waals surface area contributed by atoms with E-state index in [1.54, 1.807) is 6.08 Å². The van der Waals surface area contributed by atoms with E-state index >= 15 is 0 Å². The molecule has 0 aromatic carbocycles. The summed E-state index contributed by atoms with van der Waals surface area (Å²) in [6.45, 7) is 9.68. The van der Waals surface area contributed by atoms with Crippen LogP contribution in [0.3, 0.4) is 0 Å². The predicted molar refractivity (Wildman–Crippen MR) is 92.1 cm³/mol. The minimum atomic E-state index is 0.0846. The molecule has 1 fully saturated rings. The summed E-state index contributed by atoms with van der Waals surface area (Å²) in [7, 11) is 0. The van der Waals surface area contributed by atoms with Crippen LogP contribution in [0, 0.1) is 5.92 Å². The maximum atomic E-state index is 12.7. The van der Waals surface area contributed by atoms with E-state index in [0.29, 0.717) is 0 Å². The second-order valence-electron chi connectivity index (χ2n) is 5.20. The molecule has 0 aromatic heterocycles. The molecule has 21 heavy (non-hydrogen) atoms. The minimum absolute atomic E-state index is 0.0846. The predicted octanol–water partition coefficient (Wildman–Crippen LogP) is 5.49. The molecular weight excluding hydrogens is 256 g/mol. The first-order valence-corrected chi connectivity index (χ1v) is 7.64. The monoisotopic (exact) mass is 282 g/mol. The lowest BCUT2D eigenvalue weighted by Crippen LogP contribution is -2.23. The van der Waals surface area contributed by atoms with Crippen LogP contribution < -0.4 is 0 Å². The van der Waals surface area contributed by atoms with Gasteiger partial charge in [-0.2, -0.15) is 0 Å². The van der Waals surface area contributed by atoms with Gasteiger partial charge in [0.25, 0.3) is 0 Å². The molecule has 1 atom stereocenters. The summed E-state index contributed by atoms with van der Waals surface area (Å²) in [5.41, 5.74) is 3.22. The van der Waals surface area contributed by atoms with E-state index in [0.717, 1.165) is 30.4 Å². The van der Waals surface area contributed by atoms with Gasteiger partial charge in [0.15, 0.2) is 5.78 Å². The molecule has 0 saturated heterocycles. The van der Waals surface area contributed by atoms with Gasteiger partial charge in [-0.15, -0.1) is 0 Å². The van der Waals surface area contributed by atoms with E-state index in [1.807, 2.05) is 51.2 Å². The molecule has 1 nitrogen and oxygen atoms in total. The highest BCUT2D eigenvalue weighted by Gasteiger charge is 2.28. The van der Waals surface area contributed by atoms with Crippen molar-refractivity contribution in [2.45, 2.75) is 40.0 Å². The topological polar surface area (TPSA) is 17.1 Å². The molecule has 0 amide bonds. The first-order valence-electron chi connectivity index (χ1n) is 7.64. The van der Waals surface area contributed by atoms with Gasteiger partial charge in [0, 0.05) is 11.5 Å². The van der Waals surface area contributed by atoms with E-state index in [4.69, 9.17) is 0 Å². The van der Waals surface area contributed by atoms with E-state index in [9.17, 15) is 4.79 Å². The molecule has 1 aliphatic carbocycles. The molecule has 1 rings (SSSR count). The summed E-state index contributed by atoms with van der Waals surface area (Å²) < 4.78 is 0. The van der Waals surface area contributed by atoms with Gasteiger partial charge >= 0.3 is 0 Å². The van der Waals surface area contributed by atoms with Crippen LogP contribution in [0.4, 0.5) is 0 Å². The smallest absolute Gasteiger partial charge is 0.166 e. The Bertz CT molecular complexity index is 524. The number of carbonyl (C=O) groups excluding carboxylic acids is 1. The van der Waals surface area contributed by atoms with Gasteiger partial charge in [0.2, 0.25) is 0 Å². The highest BCUT2D eigenvalue weighted by molar-refractivity contribution is 6.02. The van der Waals surface area contributed by atoms with Crippen molar-refractivity contribution < 1.29 is 4.79 Å². The first kappa shape index (κ1) is 17.2. The summed E-state index contributed by atoms with van der Waals surface area (Å²) in [6.07, 6.45) is 18.6. The summed E-state index contributed by atoms with van der Waals surface area (Å²) in [4.78, 5) is 12.7. The molecule has 1 unspecified atom stereocenters. The van der Waals surface area contributed by atoms with E-state index in [2.05, 4.69) is 18.7 Å². The molecule has 0 aromatic rings. The van der Waals surface area contributed by atoms with Gasteiger partial charge in [-0.05, 0) is 51.2 Å². The van der Waals surface area contributed by atoms with Gasteiger partial charge in [-0.25, -0.2) is 0 Å². The van der Waals surface area contributed by atoms with Crippen molar-refractivity contribution in [2.75, 3.05) is 0 Å². The molecular formula is C20H26O. The van der Waals surface area contributed by atoms with Crippen LogP contribution in [-0.4, -0.2) is 5.78 Å². The summed E-state index contributed by atoms with van der Waals surface area (Å²) in [5.74, 6) is 0.361. The van der Waals surface area contributed by atoms with Crippen molar-refractivity contribution in [1.29, 1.82) is 0 Å². The van der Waals surface area contributed by atoms with Gasteiger partial charge in [0.1, 0.15) is 0 Å². The zero-order valence-corrected chi connectivity index (χ0v) is 13.4. The van der Waals surface area contributed by atoms with Gasteiger partial charge < -0.3 is 0 Å². The number of ketones is 1. The van der Waals surface area contributed by atoms with E-state index in [1.165, 1.54) is 5.57 Å². The number of hydrogen-bond donors (Lipinski definition) is 0. The first-order chi connectivity index (χ1) is 10.2. The largest absolute Gasteiger partial charge is 0.294 e. The molecule has 0 bridgehead atoms. The molecule has 0 N–H and O–H groups in total. The molecule has 0 aliphatic heterocycles. The Hall–Kier alpha value is -1.89. The number of rotatable bonds is 5. The zero-order chi connectivity index (χ0) is 15.7. The van der Waals surface area contributed by atoms with Crippen LogP contribution in [0.25, 0.3) is 0 Å². The molecule has 1 heteroatoms. The van der Waals surface area contributed by atoms with Crippen molar-refractivity contribution in [3.05, 3.63) is 71.9 Å². The number of hydrogen-bond acceptors (Lipinski definition) is 1. The molecule has 112 valence electrons. The third kappa shape index (κ3) is 4.86. The molecule has 1 saturated carbocycles. The Morgan fingerprint density at radius 3 is 2.62 bits per heavy atom. The van der Waals surface area contributed by atoms with E-state index < -0.39 is 0 Å². The van der Waals surface area contributed by atoms with Crippen LogP contribution >= 0.6 is 0 Å². The molecule has 0 spiro atoms. The Morgan fingerprint density at radius 2 is 2.05 bits per heavy atom. The van der Waals surface area contributed by atoms with Gasteiger partial charge in [-0.1, -0.05) is 55.2 Å². The van der Waals surface area contributed by atoms with Crippen molar-refractivity contribution in [3.63, 3.8) is 0 Å². The van der Waals surface area contributed by atoms with Crippen LogP contribution in [0.1, 0.15) is 40.0 Å². The maximum absolute atomic E-state index is 12.7. The Morgan fingerprint density at radius 1 is 1.29 bits per heavy atom. The third-order valence-electron chi connectivity index (χ3n) is 3.72. The number of Topliss-reactive ketones (excluding diaryl/α,β-unsaturated/α-hetero) is 1. The fraction of sp³-hybridized carbons (Fsp3) is 0.350. The highest BCUT2D eigenvalue weighted by Crippen LogP contribution is 2.33. The van der Waals surface area contributed by atoms with Crippen molar-refractivity contribution >= 4 is 5.78 Å². The fourth-order valence-electron chi connectivity index (χ4n) is 2.72. The number of carbonyl (C=O) groups is 1. The average Bonchev–Trinajstić information content (AvgIpc) is 2.48. The quantitative estimate of drug-likeness (QED) is 0.481. The van der Waals surface area contributed by atoms with Crippen molar-refractivity contribution in [3.8, 4) is 0 Å². The standard InChI is InChI=1S/C20H26O/c1-5-9-12-17-13-14-18(20(21)19(17)8-4)15-16(10-6-2)11-7-3/h5-12,18H,2,13-15H2,1,3-4H3/b9-5-,11-7-,16-10+,17-12-,19-8+. The van der Waals surface area contributed by atoms with Crippen LogP contribution in [0.2, 0.25) is 0 Å². The lowest BCUT2D eigenvalue weighted by atomic mass is 9.77. The Kier molecular flexibility index (Phi) is 7.45. The maximum Gasteiger partial charge on any atom is 0.166 e. The number of allylic oxidation sites excluding steroid dienone is 11. The normalized spacial score (nSPS) is 24.6. The molecule has 0 heterocycles. The van der Waals surface area contributed by atoms with Gasteiger partial charge in [0.05, 0.1) is 0 Å². The SMILES string of the molecule is C=C/C=C(\C=C/C)CC1CCC(=C/C=C\C)/C(=C\C)C1=O. The van der Waals surface area contributed by atoms with Gasteiger partial charge in [-0.3, -0.25) is 4.79 Å². The lowest BCUT2D eigenvalue weighted by Gasteiger charge is -2.25. The minimum Gasteiger partial charge on any atom is -0.294 e. The zero-order valence-electron chi connectivity index (χ0n) is 13.4. The second kappa shape index (κ2) is 9.12. The van der Waals surface area contributed by atoms with E-state index in [-0.39, 0.29) is 11.7 Å². The Balaban J connectivity index is 2.93. The molecule has 1 aliphatic rings. The second-order valence-corrected chi connectivity index (χ2v) is 5.20. The van der Waals surface area contributed by atoms with Crippen LogP contribution in [0.15, 0.2) is 71.9 Å². The summed E-state index contributed by atoms with van der Waals surface area (Å²) in [5, 5.41) is 0. The van der Waals surface area contributed by atoms with Crippen molar-refractivity contribution in [2.24, 2.45) is 5.92 Å².